The van der Waals surface area contributed by atoms with E-state index in [9.17, 15) is 4.79 Å². The van der Waals surface area contributed by atoms with Gasteiger partial charge in [0.1, 0.15) is 11.5 Å². The summed E-state index contributed by atoms with van der Waals surface area (Å²) in [5, 5.41) is 2.98. The summed E-state index contributed by atoms with van der Waals surface area (Å²) >= 11 is 0. The molecule has 0 fully saturated rings. The molecule has 1 amide bonds. The van der Waals surface area contributed by atoms with Gasteiger partial charge in [0.05, 0.1) is 5.92 Å². The first kappa shape index (κ1) is 16.3. The zero-order valence-electron chi connectivity index (χ0n) is 14.1. The molecule has 1 heterocycles. The van der Waals surface area contributed by atoms with Crippen molar-refractivity contribution in [2.24, 2.45) is 5.73 Å². The van der Waals surface area contributed by atoms with Gasteiger partial charge in [-0.15, -0.1) is 0 Å². The number of aromatic nitrogens is 1. The minimum Gasteiger partial charge on any atom is -0.457 e. The molecule has 0 saturated carbocycles. The molecule has 130 valence electrons. The first-order valence-electron chi connectivity index (χ1n) is 8.54. The van der Waals surface area contributed by atoms with Gasteiger partial charge in [-0.2, -0.15) is 0 Å². The summed E-state index contributed by atoms with van der Waals surface area (Å²) < 4.78 is 5.79. The van der Waals surface area contributed by atoms with E-state index in [2.05, 4.69) is 10.3 Å². The fourth-order valence-corrected chi connectivity index (χ4v) is 3.33. The van der Waals surface area contributed by atoms with E-state index in [1.165, 1.54) is 0 Å². The Labute approximate surface area is 151 Å². The van der Waals surface area contributed by atoms with E-state index in [-0.39, 0.29) is 17.9 Å². The van der Waals surface area contributed by atoms with E-state index in [1.807, 2.05) is 42.5 Å². The Morgan fingerprint density at radius 3 is 2.58 bits per heavy atom. The van der Waals surface area contributed by atoms with Crippen LogP contribution in [0.5, 0.6) is 11.5 Å². The Morgan fingerprint density at radius 2 is 1.77 bits per heavy atom. The van der Waals surface area contributed by atoms with E-state index in [4.69, 9.17) is 10.5 Å². The molecule has 2 atom stereocenters. The van der Waals surface area contributed by atoms with Crippen LogP contribution in [0.3, 0.4) is 0 Å². The van der Waals surface area contributed by atoms with Crippen molar-refractivity contribution in [3.8, 4) is 11.5 Å². The second-order valence-corrected chi connectivity index (χ2v) is 6.33. The number of fused-ring (bicyclic) bond motifs is 1. The molecule has 0 spiro atoms. The van der Waals surface area contributed by atoms with Crippen molar-refractivity contribution in [3.05, 3.63) is 84.2 Å². The average Bonchev–Trinajstić information content (AvgIpc) is 3.00. The van der Waals surface area contributed by atoms with Gasteiger partial charge in [-0.3, -0.25) is 9.78 Å². The van der Waals surface area contributed by atoms with E-state index < -0.39 is 0 Å². The Balaban J connectivity index is 1.49. The molecule has 0 saturated heterocycles. The molecule has 2 unspecified atom stereocenters. The molecule has 2 aromatic carbocycles. The van der Waals surface area contributed by atoms with Gasteiger partial charge in [0.15, 0.2) is 0 Å². The number of carbonyl (C=O) groups is 1. The van der Waals surface area contributed by atoms with Crippen LogP contribution in [0.25, 0.3) is 0 Å². The number of rotatable bonds is 4. The normalized spacial score (nSPS) is 18.2. The molecule has 1 aliphatic rings. The number of benzene rings is 2. The fourth-order valence-electron chi connectivity index (χ4n) is 3.33. The number of amides is 1. The summed E-state index contributed by atoms with van der Waals surface area (Å²) in [6.07, 6.45) is 3.96. The minimum atomic E-state index is -0.231. The molecule has 5 heteroatoms. The van der Waals surface area contributed by atoms with Crippen LogP contribution in [0.4, 0.5) is 5.69 Å². The molecule has 0 aliphatic heterocycles. The number of hydrogen-bond acceptors (Lipinski definition) is 4. The molecule has 1 aromatic heterocycles. The number of carbonyl (C=O) groups excluding carboxylic acids is 1. The molecule has 1 aliphatic carbocycles. The van der Waals surface area contributed by atoms with E-state index in [0.29, 0.717) is 23.6 Å². The highest BCUT2D eigenvalue weighted by atomic mass is 16.5. The van der Waals surface area contributed by atoms with Crippen LogP contribution in [0, 0.1) is 0 Å². The lowest BCUT2D eigenvalue weighted by Gasteiger charge is -2.13. The third-order valence-electron chi connectivity index (χ3n) is 4.56. The van der Waals surface area contributed by atoms with Gasteiger partial charge in [-0.1, -0.05) is 30.3 Å². The van der Waals surface area contributed by atoms with Crippen molar-refractivity contribution in [1.29, 1.82) is 0 Å². The maximum absolute atomic E-state index is 12.8. The van der Waals surface area contributed by atoms with Crippen LogP contribution in [0.15, 0.2) is 73.1 Å². The largest absolute Gasteiger partial charge is 0.457 e. The average molecular weight is 345 g/mol. The molecule has 26 heavy (non-hydrogen) atoms. The maximum Gasteiger partial charge on any atom is 0.232 e. The van der Waals surface area contributed by atoms with Crippen molar-refractivity contribution in [2.75, 3.05) is 5.32 Å². The monoisotopic (exact) mass is 345 g/mol. The van der Waals surface area contributed by atoms with Gasteiger partial charge in [-0.25, -0.2) is 0 Å². The highest BCUT2D eigenvalue weighted by Crippen LogP contribution is 2.39. The lowest BCUT2D eigenvalue weighted by atomic mass is 10.0. The third-order valence-corrected chi connectivity index (χ3v) is 4.56. The number of anilines is 1. The van der Waals surface area contributed by atoms with Gasteiger partial charge in [-0.05, 0) is 41.8 Å². The summed E-state index contributed by atoms with van der Waals surface area (Å²) in [5.74, 6) is 1.06. The van der Waals surface area contributed by atoms with Crippen LogP contribution in [-0.4, -0.2) is 10.9 Å². The molecule has 0 radical (unpaired) electrons. The van der Waals surface area contributed by atoms with Gasteiger partial charge in [0, 0.05) is 30.2 Å². The Morgan fingerprint density at radius 1 is 1.00 bits per heavy atom. The second kappa shape index (κ2) is 6.98. The minimum absolute atomic E-state index is 0.0496. The summed E-state index contributed by atoms with van der Waals surface area (Å²) in [4.78, 5) is 16.7. The Hall–Kier alpha value is -3.18. The van der Waals surface area contributed by atoms with Crippen molar-refractivity contribution < 1.29 is 9.53 Å². The topological polar surface area (TPSA) is 77.2 Å². The molecule has 5 nitrogen and oxygen atoms in total. The number of hydrogen-bond donors (Lipinski definition) is 2. The van der Waals surface area contributed by atoms with Crippen molar-refractivity contribution in [3.63, 3.8) is 0 Å². The van der Waals surface area contributed by atoms with Crippen LogP contribution < -0.4 is 15.8 Å². The van der Waals surface area contributed by atoms with Crippen LogP contribution in [0.1, 0.15) is 29.5 Å². The van der Waals surface area contributed by atoms with Gasteiger partial charge in [0.2, 0.25) is 5.91 Å². The smallest absolute Gasteiger partial charge is 0.232 e. The number of nitrogens with two attached hydrogens (primary N) is 1. The Bertz CT molecular complexity index is 927. The third kappa shape index (κ3) is 3.30. The van der Waals surface area contributed by atoms with Crippen LogP contribution in [-0.2, 0) is 4.79 Å². The number of nitrogens with one attached hydrogen (secondary N) is 1. The van der Waals surface area contributed by atoms with E-state index in [0.717, 1.165) is 11.1 Å². The summed E-state index contributed by atoms with van der Waals surface area (Å²) in [5.41, 5.74) is 8.94. The lowest BCUT2D eigenvalue weighted by Crippen LogP contribution is -2.20. The zero-order valence-corrected chi connectivity index (χ0v) is 14.1. The zero-order chi connectivity index (χ0) is 17.9. The number of nitrogens with zero attached hydrogens (tertiary/aromatic N) is 1. The molecular weight excluding hydrogens is 326 g/mol. The summed E-state index contributed by atoms with van der Waals surface area (Å²) in [7, 11) is 0. The summed E-state index contributed by atoms with van der Waals surface area (Å²) in [6, 6.07) is 18.7. The lowest BCUT2D eigenvalue weighted by molar-refractivity contribution is -0.117. The van der Waals surface area contributed by atoms with Gasteiger partial charge >= 0.3 is 0 Å². The van der Waals surface area contributed by atoms with E-state index >= 15 is 0 Å². The van der Waals surface area contributed by atoms with Crippen molar-refractivity contribution >= 4 is 11.6 Å². The molecule has 0 bridgehead atoms. The quantitative estimate of drug-likeness (QED) is 0.749. The second-order valence-electron chi connectivity index (χ2n) is 6.33. The molecule has 3 N–H and O–H groups in total. The van der Waals surface area contributed by atoms with Crippen LogP contribution in [0.2, 0.25) is 0 Å². The molecule has 3 aromatic rings. The Kier molecular flexibility index (Phi) is 4.37. The van der Waals surface area contributed by atoms with Crippen LogP contribution >= 0.6 is 0 Å². The van der Waals surface area contributed by atoms with Crippen molar-refractivity contribution in [1.82, 2.24) is 4.98 Å². The predicted molar refractivity (Wildman–Crippen MR) is 100 cm³/mol. The number of ether oxygens (including phenoxy) is 1. The predicted octanol–water partition coefficient (Wildman–Crippen LogP) is 4.00. The van der Waals surface area contributed by atoms with Gasteiger partial charge < -0.3 is 15.8 Å². The first-order chi connectivity index (χ1) is 12.7. The van der Waals surface area contributed by atoms with Gasteiger partial charge in [0.25, 0.3) is 0 Å². The van der Waals surface area contributed by atoms with Crippen molar-refractivity contribution in [2.45, 2.75) is 18.4 Å². The molecular formula is C21H19N3O2. The fraction of sp³-hybridized carbons (Fsp3) is 0.143. The maximum atomic E-state index is 12.8. The standard InChI is InChI=1S/C21H19N3O2/c22-20-13-19(17-6-1-2-7-18(17)20)21(25)24-14-4-3-5-16(12-14)26-15-8-10-23-11-9-15/h1-12,19-20H,13,22H2,(H,24,25). The summed E-state index contributed by atoms with van der Waals surface area (Å²) in [6.45, 7) is 0. The highest BCUT2D eigenvalue weighted by Gasteiger charge is 2.33. The SMILES string of the molecule is NC1CC(C(=O)Nc2cccc(Oc3ccncc3)c2)c2ccccc21. The first-order valence-corrected chi connectivity index (χ1v) is 8.54. The highest BCUT2D eigenvalue weighted by molar-refractivity contribution is 5.96. The van der Waals surface area contributed by atoms with E-state index in [1.54, 1.807) is 30.6 Å². The number of pyridine rings is 1. The molecule has 4 rings (SSSR count).